The highest BCUT2D eigenvalue weighted by Gasteiger charge is 2.13. The van der Waals surface area contributed by atoms with Gasteiger partial charge in [-0.05, 0) is 49.9 Å². The first-order valence-electron chi connectivity index (χ1n) is 6.20. The Morgan fingerprint density at radius 3 is 2.43 bits per heavy atom. The molecular formula is C14H16ClN3O2S. The molecule has 0 fully saturated rings. The van der Waals surface area contributed by atoms with Crippen molar-refractivity contribution in [2.24, 2.45) is 0 Å². The minimum absolute atomic E-state index is 0.114. The summed E-state index contributed by atoms with van der Waals surface area (Å²) in [5.74, 6) is 0. The summed E-state index contributed by atoms with van der Waals surface area (Å²) in [7, 11) is -2.16. The molecule has 2 aromatic rings. The van der Waals surface area contributed by atoms with Crippen LogP contribution < -0.4 is 15.8 Å². The lowest BCUT2D eigenvalue weighted by atomic mass is 10.2. The Hall–Kier alpha value is -1.76. The topological polar surface area (TPSA) is 84.2 Å². The fraction of sp³-hybridized carbons (Fsp3) is 0.143. The lowest BCUT2D eigenvalue weighted by molar-refractivity contribution is 0.588. The highest BCUT2D eigenvalue weighted by atomic mass is 35.5. The van der Waals surface area contributed by atoms with E-state index in [2.05, 4.69) is 10.0 Å². The Bertz CT molecular complexity index is 776. The van der Waals surface area contributed by atoms with Crippen molar-refractivity contribution in [1.82, 2.24) is 4.72 Å². The van der Waals surface area contributed by atoms with Gasteiger partial charge in [-0.3, -0.25) is 0 Å². The Morgan fingerprint density at radius 1 is 1.10 bits per heavy atom. The van der Waals surface area contributed by atoms with Gasteiger partial charge in [0, 0.05) is 0 Å². The molecule has 0 aliphatic carbocycles. The molecule has 0 aliphatic rings. The molecule has 7 heteroatoms. The number of rotatable bonds is 4. The number of nitrogens with two attached hydrogens (primary N) is 1. The van der Waals surface area contributed by atoms with E-state index in [1.807, 2.05) is 19.1 Å². The molecule has 2 rings (SSSR count). The van der Waals surface area contributed by atoms with Crippen LogP contribution in [0.25, 0.3) is 0 Å². The van der Waals surface area contributed by atoms with Gasteiger partial charge in [0.15, 0.2) is 0 Å². The van der Waals surface area contributed by atoms with Crippen molar-refractivity contribution in [3.05, 3.63) is 47.0 Å². The Kier molecular flexibility index (Phi) is 4.41. The average molecular weight is 326 g/mol. The molecule has 0 spiro atoms. The van der Waals surface area contributed by atoms with Crippen LogP contribution in [0.1, 0.15) is 5.56 Å². The van der Waals surface area contributed by atoms with Crippen LogP contribution in [-0.4, -0.2) is 15.5 Å². The van der Waals surface area contributed by atoms with Gasteiger partial charge in [0.05, 0.1) is 27.0 Å². The SMILES string of the molecule is CNS(=O)(=O)c1ccc(Nc2cc(C)ccc2Cl)c(N)c1. The van der Waals surface area contributed by atoms with E-state index >= 15 is 0 Å². The summed E-state index contributed by atoms with van der Waals surface area (Å²) < 4.78 is 25.7. The van der Waals surface area contributed by atoms with Crippen molar-refractivity contribution < 1.29 is 8.42 Å². The second kappa shape index (κ2) is 5.93. The number of halogens is 1. The van der Waals surface area contributed by atoms with Gasteiger partial charge < -0.3 is 11.1 Å². The van der Waals surface area contributed by atoms with E-state index in [0.717, 1.165) is 5.56 Å². The van der Waals surface area contributed by atoms with Gasteiger partial charge in [0.25, 0.3) is 0 Å². The first-order valence-corrected chi connectivity index (χ1v) is 8.06. The number of benzene rings is 2. The van der Waals surface area contributed by atoms with Crippen molar-refractivity contribution in [1.29, 1.82) is 0 Å². The van der Waals surface area contributed by atoms with Crippen molar-refractivity contribution in [3.8, 4) is 0 Å². The minimum Gasteiger partial charge on any atom is -0.397 e. The van der Waals surface area contributed by atoms with Gasteiger partial charge in [0.2, 0.25) is 10.0 Å². The smallest absolute Gasteiger partial charge is 0.240 e. The number of sulfonamides is 1. The predicted molar refractivity (Wildman–Crippen MR) is 86.6 cm³/mol. The molecular weight excluding hydrogens is 310 g/mol. The molecule has 0 amide bonds. The highest BCUT2D eigenvalue weighted by Crippen LogP contribution is 2.30. The zero-order valence-corrected chi connectivity index (χ0v) is 13.2. The summed E-state index contributed by atoms with van der Waals surface area (Å²) in [4.78, 5) is 0.114. The van der Waals surface area contributed by atoms with Gasteiger partial charge in [-0.2, -0.15) is 0 Å². The van der Waals surface area contributed by atoms with Crippen LogP contribution in [0.3, 0.4) is 0 Å². The second-order valence-corrected chi connectivity index (χ2v) is 6.86. The van der Waals surface area contributed by atoms with Crippen molar-refractivity contribution in [2.45, 2.75) is 11.8 Å². The maximum absolute atomic E-state index is 11.7. The lowest BCUT2D eigenvalue weighted by Gasteiger charge is -2.13. The van der Waals surface area contributed by atoms with E-state index in [1.165, 1.54) is 19.2 Å². The normalized spacial score (nSPS) is 11.4. The molecule has 0 heterocycles. The standard InChI is InChI=1S/C14H16ClN3O2S/c1-9-3-5-11(15)14(7-9)18-13-6-4-10(8-12(13)16)21(19,20)17-2/h3-8,17-18H,16H2,1-2H3. The third kappa shape index (κ3) is 3.47. The number of nitrogen functional groups attached to an aromatic ring is 1. The van der Waals surface area contributed by atoms with E-state index in [1.54, 1.807) is 12.1 Å². The third-order valence-electron chi connectivity index (χ3n) is 2.99. The molecule has 0 atom stereocenters. The first kappa shape index (κ1) is 15.6. The van der Waals surface area contributed by atoms with Gasteiger partial charge in [-0.25, -0.2) is 13.1 Å². The van der Waals surface area contributed by atoms with E-state index in [-0.39, 0.29) is 4.90 Å². The number of hydrogen-bond donors (Lipinski definition) is 3. The van der Waals surface area contributed by atoms with Gasteiger partial charge in [-0.15, -0.1) is 0 Å². The van der Waals surface area contributed by atoms with Crippen LogP contribution in [0, 0.1) is 6.92 Å². The summed E-state index contributed by atoms with van der Waals surface area (Å²) in [6.07, 6.45) is 0. The lowest BCUT2D eigenvalue weighted by Crippen LogP contribution is -2.18. The molecule has 0 aliphatic heterocycles. The molecule has 0 bridgehead atoms. The van der Waals surface area contributed by atoms with Crippen LogP contribution in [0.4, 0.5) is 17.1 Å². The largest absolute Gasteiger partial charge is 0.397 e. The first-order chi connectivity index (χ1) is 9.83. The van der Waals surface area contributed by atoms with E-state index in [0.29, 0.717) is 22.1 Å². The number of nitrogens with one attached hydrogen (secondary N) is 2. The summed E-state index contributed by atoms with van der Waals surface area (Å²) >= 11 is 6.12. The Labute approximate surface area is 129 Å². The van der Waals surface area contributed by atoms with Crippen LogP contribution in [0.5, 0.6) is 0 Å². The van der Waals surface area contributed by atoms with Crippen LogP contribution in [0.15, 0.2) is 41.3 Å². The zero-order chi connectivity index (χ0) is 15.6. The second-order valence-electron chi connectivity index (χ2n) is 4.56. The van der Waals surface area contributed by atoms with Crippen molar-refractivity contribution in [3.63, 3.8) is 0 Å². The molecule has 0 unspecified atom stereocenters. The van der Waals surface area contributed by atoms with Gasteiger partial charge in [-0.1, -0.05) is 17.7 Å². The maximum Gasteiger partial charge on any atom is 0.240 e. The number of anilines is 3. The maximum atomic E-state index is 11.7. The molecule has 112 valence electrons. The molecule has 2 aromatic carbocycles. The zero-order valence-electron chi connectivity index (χ0n) is 11.6. The Morgan fingerprint density at radius 2 is 1.81 bits per heavy atom. The molecule has 0 aromatic heterocycles. The fourth-order valence-electron chi connectivity index (χ4n) is 1.82. The quantitative estimate of drug-likeness (QED) is 0.755. The van der Waals surface area contributed by atoms with E-state index in [4.69, 9.17) is 17.3 Å². The van der Waals surface area contributed by atoms with E-state index < -0.39 is 10.0 Å². The average Bonchev–Trinajstić information content (AvgIpc) is 2.44. The van der Waals surface area contributed by atoms with Crippen molar-refractivity contribution >= 4 is 38.7 Å². The van der Waals surface area contributed by atoms with Crippen LogP contribution in [0.2, 0.25) is 5.02 Å². The number of aryl methyl sites for hydroxylation is 1. The predicted octanol–water partition coefficient (Wildman–Crippen LogP) is 2.88. The van der Waals surface area contributed by atoms with Crippen LogP contribution in [-0.2, 0) is 10.0 Å². The molecule has 5 nitrogen and oxygen atoms in total. The molecule has 4 N–H and O–H groups in total. The van der Waals surface area contributed by atoms with Crippen LogP contribution >= 0.6 is 11.6 Å². The summed E-state index contributed by atoms with van der Waals surface area (Å²) in [5, 5.41) is 3.67. The minimum atomic E-state index is -3.51. The number of hydrogen-bond acceptors (Lipinski definition) is 4. The Balaban J connectivity index is 2.36. The third-order valence-corrected chi connectivity index (χ3v) is 4.73. The monoisotopic (exact) mass is 325 g/mol. The summed E-state index contributed by atoms with van der Waals surface area (Å²) in [6, 6.07) is 10.1. The highest BCUT2D eigenvalue weighted by molar-refractivity contribution is 7.89. The molecule has 0 saturated heterocycles. The molecule has 0 saturated carbocycles. The van der Waals surface area contributed by atoms with Crippen molar-refractivity contribution in [2.75, 3.05) is 18.1 Å². The van der Waals surface area contributed by atoms with Gasteiger partial charge >= 0.3 is 0 Å². The molecule has 21 heavy (non-hydrogen) atoms. The summed E-state index contributed by atoms with van der Waals surface area (Å²) in [5.41, 5.74) is 8.60. The fourth-order valence-corrected chi connectivity index (χ4v) is 2.75. The molecule has 0 radical (unpaired) electrons. The summed E-state index contributed by atoms with van der Waals surface area (Å²) in [6.45, 7) is 1.95. The van der Waals surface area contributed by atoms with Gasteiger partial charge in [0.1, 0.15) is 0 Å². The van der Waals surface area contributed by atoms with E-state index in [9.17, 15) is 8.42 Å².